The standard InChI is InChI=1S/C44H55Cl2N3O9/c1-11-42(6,7)55-20-19-43(8,9)58-40(53)57-25(2)56-38(51)27-15-18-31(33(22-27)54-10)47-37(50)36-35(26-13-12-14-28(45)21-26)44(34(49-36)24-41(3,4)5)30-17-16-29(46)23-32(30)48-39(44)52/h12-18,21-23,25,34-36,49H,11,19-20,24H2,1-10H3,(H,47,50)(H,48,52)/t25?,34-,35-,36+,44+/m0/s1. The zero-order chi connectivity index (χ0) is 42.8. The van der Waals surface area contributed by atoms with Crippen molar-refractivity contribution in [2.45, 2.75) is 122 Å². The van der Waals surface area contributed by atoms with E-state index >= 15 is 0 Å². The SMILES string of the molecule is CCC(C)(C)OCCC(C)(C)OC(=O)OC(C)OC(=O)c1ccc(NC(=O)[C@@H]2N[C@@H](CC(C)(C)C)[C@@]3(C(=O)Nc4cc(Cl)ccc43)[C@H]2c2cccc(Cl)c2)c(OC)c1. The van der Waals surface area contributed by atoms with E-state index in [0.29, 0.717) is 40.7 Å². The van der Waals surface area contributed by atoms with Crippen LogP contribution in [0.2, 0.25) is 10.0 Å². The van der Waals surface area contributed by atoms with Crippen molar-refractivity contribution in [2.75, 3.05) is 24.4 Å². The number of carbonyl (C=O) groups excluding carboxylic acids is 4. The summed E-state index contributed by atoms with van der Waals surface area (Å²) in [5.74, 6) is -2.02. The van der Waals surface area contributed by atoms with Crippen molar-refractivity contribution < 1.29 is 42.9 Å². The van der Waals surface area contributed by atoms with Gasteiger partial charge in [-0.1, -0.05) is 69.1 Å². The number of nitrogens with one attached hydrogen (secondary N) is 3. The van der Waals surface area contributed by atoms with Crippen LogP contribution < -0.4 is 20.7 Å². The van der Waals surface area contributed by atoms with Gasteiger partial charge in [0.1, 0.15) is 16.8 Å². The summed E-state index contributed by atoms with van der Waals surface area (Å²) >= 11 is 12.9. The van der Waals surface area contributed by atoms with Crippen molar-refractivity contribution in [1.82, 2.24) is 5.32 Å². The molecule has 1 unspecified atom stereocenters. The molecule has 3 aromatic carbocycles. The van der Waals surface area contributed by atoms with Gasteiger partial charge in [-0.25, -0.2) is 9.59 Å². The number of amides is 2. The average molecular weight is 841 g/mol. The summed E-state index contributed by atoms with van der Waals surface area (Å²) in [6.07, 6.45) is -0.472. The van der Waals surface area contributed by atoms with Gasteiger partial charge in [0.15, 0.2) is 0 Å². The molecule has 58 heavy (non-hydrogen) atoms. The highest BCUT2D eigenvalue weighted by Gasteiger charge is 2.65. The molecule has 0 bridgehead atoms. The normalized spacial score (nSPS) is 20.9. The number of benzene rings is 3. The van der Waals surface area contributed by atoms with E-state index in [1.807, 2.05) is 32.9 Å². The van der Waals surface area contributed by atoms with Crippen LogP contribution in [0.1, 0.15) is 109 Å². The highest BCUT2D eigenvalue weighted by Crippen LogP contribution is 2.57. The number of hydrogen-bond acceptors (Lipinski definition) is 10. The van der Waals surface area contributed by atoms with Gasteiger partial charge >= 0.3 is 12.1 Å². The molecule has 0 saturated carbocycles. The zero-order valence-electron chi connectivity index (χ0n) is 34.8. The maximum absolute atomic E-state index is 14.6. The van der Waals surface area contributed by atoms with E-state index in [-0.39, 0.29) is 33.9 Å². The molecule has 2 heterocycles. The predicted octanol–water partition coefficient (Wildman–Crippen LogP) is 9.42. The van der Waals surface area contributed by atoms with E-state index in [4.69, 9.17) is 46.9 Å². The first-order valence-corrected chi connectivity index (χ1v) is 20.2. The van der Waals surface area contributed by atoms with Crippen LogP contribution in [0.3, 0.4) is 0 Å². The lowest BCUT2D eigenvalue weighted by Crippen LogP contribution is -2.49. The molecule has 1 saturated heterocycles. The largest absolute Gasteiger partial charge is 0.511 e. The Morgan fingerprint density at radius 1 is 0.914 bits per heavy atom. The van der Waals surface area contributed by atoms with Crippen LogP contribution in [0.4, 0.5) is 16.2 Å². The first-order valence-electron chi connectivity index (χ1n) is 19.5. The zero-order valence-corrected chi connectivity index (χ0v) is 36.4. The minimum Gasteiger partial charge on any atom is -0.495 e. The molecule has 14 heteroatoms. The van der Waals surface area contributed by atoms with E-state index in [0.717, 1.165) is 12.0 Å². The highest BCUT2D eigenvalue weighted by atomic mass is 35.5. The Morgan fingerprint density at radius 3 is 2.28 bits per heavy atom. The number of carbonyl (C=O) groups is 4. The van der Waals surface area contributed by atoms with Crippen molar-refractivity contribution in [3.05, 3.63) is 87.4 Å². The summed E-state index contributed by atoms with van der Waals surface area (Å²) in [6, 6.07) is 15.5. The lowest BCUT2D eigenvalue weighted by molar-refractivity contribution is -0.122. The molecule has 1 spiro atoms. The third-order valence-corrected chi connectivity index (χ3v) is 11.2. The maximum Gasteiger partial charge on any atom is 0.511 e. The number of hydrogen-bond donors (Lipinski definition) is 3. The van der Waals surface area contributed by atoms with Gasteiger partial charge in [-0.05, 0) is 99.5 Å². The first-order chi connectivity index (χ1) is 27.1. The summed E-state index contributed by atoms with van der Waals surface area (Å²) in [7, 11) is 1.40. The Hall–Kier alpha value is -4.36. The third-order valence-electron chi connectivity index (χ3n) is 10.8. The highest BCUT2D eigenvalue weighted by molar-refractivity contribution is 6.31. The number of anilines is 2. The number of rotatable bonds is 14. The Labute approximate surface area is 350 Å². The van der Waals surface area contributed by atoms with Gasteiger partial charge in [0.25, 0.3) is 0 Å². The van der Waals surface area contributed by atoms with Gasteiger partial charge in [0.2, 0.25) is 18.1 Å². The fourth-order valence-corrected chi connectivity index (χ4v) is 7.98. The molecule has 0 aliphatic carbocycles. The molecule has 0 radical (unpaired) electrons. The minimum atomic E-state index is -1.28. The molecule has 12 nitrogen and oxygen atoms in total. The fourth-order valence-electron chi connectivity index (χ4n) is 7.61. The van der Waals surface area contributed by atoms with Crippen LogP contribution in [0.5, 0.6) is 5.75 Å². The van der Waals surface area contributed by atoms with Gasteiger partial charge in [-0.2, -0.15) is 0 Å². The van der Waals surface area contributed by atoms with Crippen LogP contribution in [0, 0.1) is 5.41 Å². The number of ether oxygens (including phenoxy) is 5. The Bertz CT molecular complexity index is 2030. The number of halogens is 2. The molecule has 5 rings (SSSR count). The van der Waals surface area contributed by atoms with E-state index in [1.165, 1.54) is 32.2 Å². The lowest BCUT2D eigenvalue weighted by atomic mass is 9.62. The second-order valence-corrected chi connectivity index (χ2v) is 18.2. The van der Waals surface area contributed by atoms with Crippen molar-refractivity contribution in [2.24, 2.45) is 5.41 Å². The lowest BCUT2D eigenvalue weighted by Gasteiger charge is -2.37. The van der Waals surface area contributed by atoms with Crippen LogP contribution >= 0.6 is 23.2 Å². The van der Waals surface area contributed by atoms with Gasteiger partial charge in [-0.15, -0.1) is 0 Å². The predicted molar refractivity (Wildman–Crippen MR) is 224 cm³/mol. The van der Waals surface area contributed by atoms with E-state index < -0.39 is 53.3 Å². The molecule has 1 fully saturated rings. The Morgan fingerprint density at radius 2 is 1.62 bits per heavy atom. The van der Waals surface area contributed by atoms with E-state index in [9.17, 15) is 19.2 Å². The molecule has 0 aromatic heterocycles. The van der Waals surface area contributed by atoms with Crippen molar-refractivity contribution >= 4 is 58.5 Å². The molecule has 5 atom stereocenters. The quantitative estimate of drug-likeness (QED) is 0.106. The first kappa shape index (κ1) is 44.7. The average Bonchev–Trinajstić information content (AvgIpc) is 3.60. The number of methoxy groups -OCH3 is 1. The fraction of sp³-hybridized carbons (Fsp3) is 0.500. The molecule has 2 aliphatic heterocycles. The van der Waals surface area contributed by atoms with E-state index in [2.05, 4.69) is 36.7 Å². The summed E-state index contributed by atoms with van der Waals surface area (Å²) in [4.78, 5) is 54.8. The smallest absolute Gasteiger partial charge is 0.495 e. The molecule has 314 valence electrons. The van der Waals surface area contributed by atoms with Crippen molar-refractivity contribution in [3.8, 4) is 5.75 Å². The molecule has 2 aliphatic rings. The Kier molecular flexibility index (Phi) is 13.5. The van der Waals surface area contributed by atoms with Gasteiger partial charge in [-0.3, -0.25) is 9.59 Å². The molecule has 3 aromatic rings. The van der Waals surface area contributed by atoms with E-state index in [1.54, 1.807) is 44.2 Å². The number of esters is 1. The molecule has 2 amide bonds. The van der Waals surface area contributed by atoms with Crippen molar-refractivity contribution in [1.29, 1.82) is 0 Å². The van der Waals surface area contributed by atoms with Crippen molar-refractivity contribution in [3.63, 3.8) is 0 Å². The van der Waals surface area contributed by atoms with Crippen LogP contribution in [-0.2, 0) is 34.0 Å². The number of fused-ring (bicyclic) bond motifs is 2. The summed E-state index contributed by atoms with van der Waals surface area (Å²) in [5, 5.41) is 10.5. The summed E-state index contributed by atoms with van der Waals surface area (Å²) < 4.78 is 27.6. The minimum absolute atomic E-state index is 0.0765. The topological polar surface area (TPSA) is 151 Å². The van der Waals surface area contributed by atoms with Crippen LogP contribution in [0.15, 0.2) is 60.7 Å². The summed E-state index contributed by atoms with van der Waals surface area (Å²) in [5.41, 5.74) is -0.256. The van der Waals surface area contributed by atoms with Gasteiger partial charge in [0.05, 0.1) is 36.6 Å². The van der Waals surface area contributed by atoms with Gasteiger partial charge < -0.3 is 39.6 Å². The monoisotopic (exact) mass is 839 g/mol. The second kappa shape index (κ2) is 17.5. The van der Waals surface area contributed by atoms with Crippen LogP contribution in [0.25, 0.3) is 0 Å². The van der Waals surface area contributed by atoms with Crippen LogP contribution in [-0.4, -0.2) is 67.2 Å². The third kappa shape index (κ3) is 10.1. The molecule has 3 N–H and O–H groups in total. The Balaban J connectivity index is 1.35. The summed E-state index contributed by atoms with van der Waals surface area (Å²) in [6.45, 7) is 17.5. The maximum atomic E-state index is 14.6. The second-order valence-electron chi connectivity index (χ2n) is 17.3. The van der Waals surface area contributed by atoms with Gasteiger partial charge in [0, 0.05) is 41.0 Å². The molecular formula is C44H55Cl2N3O9. The molecular weight excluding hydrogens is 785 g/mol.